The van der Waals surface area contributed by atoms with Gasteiger partial charge in [0.1, 0.15) is 6.04 Å². The lowest BCUT2D eigenvalue weighted by Gasteiger charge is -2.26. The topological polar surface area (TPSA) is 83.6 Å². The third-order valence-corrected chi connectivity index (χ3v) is 4.33. The molecule has 0 heterocycles. The van der Waals surface area contributed by atoms with E-state index in [9.17, 15) is 14.7 Å². The first-order valence-electron chi connectivity index (χ1n) is 9.28. The van der Waals surface area contributed by atoms with Crippen LogP contribution in [0, 0.1) is 0 Å². The molecule has 0 saturated carbocycles. The molecule has 0 bridgehead atoms. The highest BCUT2D eigenvalue weighted by atomic mass is 16.4. The van der Waals surface area contributed by atoms with Gasteiger partial charge in [0.15, 0.2) is 0 Å². The number of amides is 1. The normalized spacial score (nSPS) is 12.5. The monoisotopic (exact) mass is 328 g/mol. The number of likely N-dealkylation sites (N-methyl/N-ethyl adjacent to an activating group) is 1. The van der Waals surface area contributed by atoms with Gasteiger partial charge in [-0.3, -0.25) is 14.5 Å². The highest BCUT2D eigenvalue weighted by Gasteiger charge is 2.25. The van der Waals surface area contributed by atoms with E-state index in [0.717, 1.165) is 19.4 Å². The molecule has 5 nitrogen and oxygen atoms in total. The summed E-state index contributed by atoms with van der Waals surface area (Å²) < 4.78 is 0. The molecule has 0 aliphatic carbocycles. The van der Waals surface area contributed by atoms with Crippen LogP contribution < -0.4 is 5.73 Å². The number of carboxylic acids is 1. The Balaban J connectivity index is 3.78. The lowest BCUT2D eigenvalue weighted by Crippen LogP contribution is -2.44. The van der Waals surface area contributed by atoms with E-state index in [1.807, 2.05) is 11.8 Å². The van der Waals surface area contributed by atoms with Crippen LogP contribution >= 0.6 is 0 Å². The van der Waals surface area contributed by atoms with Crippen LogP contribution in [-0.4, -0.2) is 41.0 Å². The number of nitrogens with two attached hydrogens (primary N) is 1. The zero-order valence-corrected chi connectivity index (χ0v) is 15.1. The summed E-state index contributed by atoms with van der Waals surface area (Å²) in [5, 5.41) is 9.24. The Morgan fingerprint density at radius 2 is 1.39 bits per heavy atom. The molecule has 0 aromatic carbocycles. The van der Waals surface area contributed by atoms with E-state index in [0.29, 0.717) is 6.54 Å². The number of nitrogens with zero attached hydrogens (tertiary/aromatic N) is 1. The Labute approximate surface area is 141 Å². The number of hydrogen-bond donors (Lipinski definition) is 2. The van der Waals surface area contributed by atoms with Gasteiger partial charge in [0, 0.05) is 0 Å². The van der Waals surface area contributed by atoms with E-state index in [-0.39, 0.29) is 6.42 Å². The van der Waals surface area contributed by atoms with Crippen LogP contribution in [0.3, 0.4) is 0 Å². The largest absolute Gasteiger partial charge is 0.480 e. The number of unbranched alkanes of at least 4 members (excludes halogenated alkanes) is 9. The average Bonchev–Trinajstić information content (AvgIpc) is 2.50. The molecule has 0 fully saturated rings. The van der Waals surface area contributed by atoms with Crippen LogP contribution in [-0.2, 0) is 9.59 Å². The fraction of sp³-hybridized carbons (Fsp3) is 0.889. The molecule has 1 atom stereocenters. The van der Waals surface area contributed by atoms with E-state index >= 15 is 0 Å². The maximum Gasteiger partial charge on any atom is 0.321 e. The second-order valence-electron chi connectivity index (χ2n) is 6.34. The number of carboxylic acid groups (broad SMARTS) is 1. The summed E-state index contributed by atoms with van der Waals surface area (Å²) in [6.07, 6.45) is 12.5. The minimum atomic E-state index is -0.960. The van der Waals surface area contributed by atoms with E-state index in [1.165, 1.54) is 51.4 Å². The molecule has 5 heteroatoms. The van der Waals surface area contributed by atoms with Crippen molar-refractivity contribution in [2.24, 2.45) is 5.73 Å². The zero-order chi connectivity index (χ0) is 17.5. The van der Waals surface area contributed by atoms with E-state index in [4.69, 9.17) is 5.73 Å². The van der Waals surface area contributed by atoms with Gasteiger partial charge in [-0.1, -0.05) is 71.6 Å². The second-order valence-corrected chi connectivity index (χ2v) is 6.34. The molecule has 0 aromatic rings. The van der Waals surface area contributed by atoms with Crippen LogP contribution in [0.25, 0.3) is 0 Å². The van der Waals surface area contributed by atoms with Crippen molar-refractivity contribution < 1.29 is 14.7 Å². The number of primary amides is 1. The van der Waals surface area contributed by atoms with Crippen molar-refractivity contribution in [3.05, 3.63) is 0 Å². The van der Waals surface area contributed by atoms with Gasteiger partial charge >= 0.3 is 5.97 Å². The molecule has 0 spiro atoms. The molecule has 0 saturated heterocycles. The van der Waals surface area contributed by atoms with Gasteiger partial charge in [-0.15, -0.1) is 0 Å². The standard InChI is InChI=1S/C18H36N2O3/c1-3-5-6-7-8-9-10-11-12-13-14-20(4-2)16(18(22)23)15-17(19)21/h16H,3-15H2,1-2H3,(H2,19,21)(H,22,23). The summed E-state index contributed by atoms with van der Waals surface area (Å²) in [6.45, 7) is 5.50. The minimum Gasteiger partial charge on any atom is -0.480 e. The molecule has 1 unspecified atom stereocenters. The van der Waals surface area contributed by atoms with Crippen LogP contribution in [0.15, 0.2) is 0 Å². The van der Waals surface area contributed by atoms with Gasteiger partial charge in [-0.2, -0.15) is 0 Å². The maximum absolute atomic E-state index is 11.3. The van der Waals surface area contributed by atoms with Gasteiger partial charge in [0.25, 0.3) is 0 Å². The van der Waals surface area contributed by atoms with Crippen molar-refractivity contribution in [1.82, 2.24) is 4.90 Å². The van der Waals surface area contributed by atoms with E-state index in [2.05, 4.69) is 6.92 Å². The molecule has 3 N–H and O–H groups in total. The van der Waals surface area contributed by atoms with Crippen molar-refractivity contribution >= 4 is 11.9 Å². The first-order valence-corrected chi connectivity index (χ1v) is 9.28. The maximum atomic E-state index is 11.3. The molecule has 0 aromatic heterocycles. The Hall–Kier alpha value is -1.10. The van der Waals surface area contributed by atoms with Crippen molar-refractivity contribution in [3.63, 3.8) is 0 Å². The second kappa shape index (κ2) is 14.5. The first kappa shape index (κ1) is 21.9. The molecule has 136 valence electrons. The van der Waals surface area contributed by atoms with Gasteiger partial charge in [0.2, 0.25) is 5.91 Å². The third-order valence-electron chi connectivity index (χ3n) is 4.33. The summed E-state index contributed by atoms with van der Waals surface area (Å²) >= 11 is 0. The molecule has 0 aliphatic heterocycles. The van der Waals surface area contributed by atoms with Crippen LogP contribution in [0.4, 0.5) is 0 Å². The highest BCUT2D eigenvalue weighted by molar-refractivity contribution is 5.83. The SMILES string of the molecule is CCCCCCCCCCCCN(CC)C(CC(N)=O)C(=O)O. The Morgan fingerprint density at radius 1 is 0.913 bits per heavy atom. The number of carbonyl (C=O) groups is 2. The zero-order valence-electron chi connectivity index (χ0n) is 15.1. The average molecular weight is 328 g/mol. The highest BCUT2D eigenvalue weighted by Crippen LogP contribution is 2.12. The molecule has 0 radical (unpaired) electrons. The fourth-order valence-electron chi connectivity index (χ4n) is 2.90. The summed E-state index contributed by atoms with van der Waals surface area (Å²) in [5.41, 5.74) is 5.15. The Bertz CT molecular complexity index is 321. The first-order chi connectivity index (χ1) is 11.0. The van der Waals surface area contributed by atoms with E-state index < -0.39 is 17.9 Å². The lowest BCUT2D eigenvalue weighted by atomic mass is 10.1. The molecule has 1 amide bonds. The van der Waals surface area contributed by atoms with Crippen molar-refractivity contribution in [1.29, 1.82) is 0 Å². The Kier molecular flexibility index (Phi) is 13.8. The number of hydrogen-bond acceptors (Lipinski definition) is 3. The number of aliphatic carboxylic acids is 1. The van der Waals surface area contributed by atoms with Crippen LogP contribution in [0.2, 0.25) is 0 Å². The lowest BCUT2D eigenvalue weighted by molar-refractivity contribution is -0.145. The third kappa shape index (κ3) is 12.0. The molecule has 0 aliphatic rings. The van der Waals surface area contributed by atoms with Crippen LogP contribution in [0.1, 0.15) is 84.5 Å². The van der Waals surface area contributed by atoms with Gasteiger partial charge in [-0.05, 0) is 19.5 Å². The summed E-state index contributed by atoms with van der Waals surface area (Å²) in [7, 11) is 0. The molecule has 23 heavy (non-hydrogen) atoms. The minimum absolute atomic E-state index is 0.110. The van der Waals surface area contributed by atoms with Crippen molar-refractivity contribution in [3.8, 4) is 0 Å². The number of rotatable bonds is 16. The quantitative estimate of drug-likeness (QED) is 0.424. The molecule has 0 rings (SSSR count). The predicted molar refractivity (Wildman–Crippen MR) is 94.3 cm³/mol. The predicted octanol–water partition coefficient (Wildman–Crippen LogP) is 3.56. The number of carbonyl (C=O) groups excluding carboxylic acids is 1. The van der Waals surface area contributed by atoms with Gasteiger partial charge < -0.3 is 10.8 Å². The summed E-state index contributed by atoms with van der Waals surface area (Å²) in [5.74, 6) is -1.52. The van der Waals surface area contributed by atoms with Crippen molar-refractivity contribution in [2.45, 2.75) is 90.5 Å². The van der Waals surface area contributed by atoms with Crippen LogP contribution in [0.5, 0.6) is 0 Å². The molecular formula is C18H36N2O3. The smallest absolute Gasteiger partial charge is 0.321 e. The summed E-state index contributed by atoms with van der Waals surface area (Å²) in [4.78, 5) is 24.1. The molecular weight excluding hydrogens is 292 g/mol. The van der Waals surface area contributed by atoms with E-state index in [1.54, 1.807) is 0 Å². The Morgan fingerprint density at radius 3 is 1.78 bits per heavy atom. The van der Waals surface area contributed by atoms with Crippen molar-refractivity contribution in [2.75, 3.05) is 13.1 Å². The van der Waals surface area contributed by atoms with Gasteiger partial charge in [-0.25, -0.2) is 0 Å². The summed E-state index contributed by atoms with van der Waals surface area (Å²) in [6, 6.07) is -0.781. The fourth-order valence-corrected chi connectivity index (χ4v) is 2.90. The van der Waals surface area contributed by atoms with Gasteiger partial charge in [0.05, 0.1) is 6.42 Å².